The van der Waals surface area contributed by atoms with Crippen molar-refractivity contribution in [3.8, 4) is 0 Å². The van der Waals surface area contributed by atoms with Gasteiger partial charge in [-0.05, 0) is 18.7 Å². The highest BCUT2D eigenvalue weighted by molar-refractivity contribution is 5.23. The minimum atomic E-state index is -0.360. The van der Waals surface area contributed by atoms with Crippen LogP contribution in [0.2, 0.25) is 0 Å². The summed E-state index contributed by atoms with van der Waals surface area (Å²) in [6, 6.07) is 1.24. The Morgan fingerprint density at radius 1 is 1.19 bits per heavy atom. The number of nitrogens with zero attached hydrogens (tertiary/aromatic N) is 3. The molecule has 0 bridgehead atoms. The van der Waals surface area contributed by atoms with Gasteiger partial charge in [0.15, 0.2) is 0 Å². The average Bonchev–Trinajstić information content (AvgIpc) is 2.31. The minimum absolute atomic E-state index is 0.197. The zero-order chi connectivity index (χ0) is 11.4. The van der Waals surface area contributed by atoms with Gasteiger partial charge in [-0.15, -0.1) is 0 Å². The first-order valence-corrected chi connectivity index (χ1v) is 4.85. The van der Waals surface area contributed by atoms with E-state index in [0.717, 1.165) is 11.3 Å². The van der Waals surface area contributed by atoms with E-state index in [9.17, 15) is 4.39 Å². The van der Waals surface area contributed by atoms with Gasteiger partial charge in [0.05, 0.1) is 24.1 Å². The summed E-state index contributed by atoms with van der Waals surface area (Å²) in [5.41, 5.74) is 1.46. The molecule has 2 aromatic rings. The molecule has 2 rings (SSSR count). The number of rotatable bonds is 3. The predicted octanol–water partition coefficient (Wildman–Crippen LogP) is 1.32. The van der Waals surface area contributed by atoms with E-state index in [1.807, 2.05) is 0 Å². The summed E-state index contributed by atoms with van der Waals surface area (Å²) in [4.78, 5) is 12.0. The first-order chi connectivity index (χ1) is 7.81. The Kier molecular flexibility index (Phi) is 3.16. The van der Waals surface area contributed by atoms with Crippen LogP contribution >= 0.6 is 0 Å². The maximum Gasteiger partial charge on any atom is 0.141 e. The van der Waals surface area contributed by atoms with Gasteiger partial charge in [0.1, 0.15) is 5.82 Å². The summed E-state index contributed by atoms with van der Waals surface area (Å²) in [6.07, 6.45) is 7.63. The molecule has 5 heteroatoms. The molecule has 0 radical (unpaired) electrons. The van der Waals surface area contributed by atoms with E-state index in [1.165, 1.54) is 12.3 Å². The Morgan fingerprint density at radius 2 is 2.06 bits per heavy atom. The molecule has 0 spiro atoms. The fourth-order valence-electron chi connectivity index (χ4n) is 1.53. The molecule has 0 aliphatic carbocycles. The lowest BCUT2D eigenvalue weighted by atomic mass is 10.1. The highest BCUT2D eigenvalue weighted by Crippen LogP contribution is 2.18. The van der Waals surface area contributed by atoms with Crippen LogP contribution in [0.25, 0.3) is 0 Å². The van der Waals surface area contributed by atoms with Crippen LogP contribution in [-0.2, 0) is 0 Å². The van der Waals surface area contributed by atoms with Gasteiger partial charge in [-0.3, -0.25) is 15.0 Å². The van der Waals surface area contributed by atoms with Gasteiger partial charge >= 0.3 is 0 Å². The van der Waals surface area contributed by atoms with E-state index in [0.29, 0.717) is 0 Å². The number of nitrogens with one attached hydrogen (secondary N) is 1. The van der Waals surface area contributed by atoms with Crippen LogP contribution in [0.15, 0.2) is 37.1 Å². The highest BCUT2D eigenvalue weighted by Gasteiger charge is 2.14. The summed E-state index contributed by atoms with van der Waals surface area (Å²) >= 11 is 0. The van der Waals surface area contributed by atoms with Crippen LogP contribution in [0.3, 0.4) is 0 Å². The third kappa shape index (κ3) is 2.20. The fourth-order valence-corrected chi connectivity index (χ4v) is 1.53. The van der Waals surface area contributed by atoms with Crippen LogP contribution in [0.5, 0.6) is 0 Å². The van der Waals surface area contributed by atoms with Crippen molar-refractivity contribution in [2.24, 2.45) is 0 Å². The molecule has 1 atom stereocenters. The molecule has 2 aromatic heterocycles. The second-order valence-corrected chi connectivity index (χ2v) is 3.29. The minimum Gasteiger partial charge on any atom is -0.308 e. The van der Waals surface area contributed by atoms with Crippen molar-refractivity contribution in [3.05, 3.63) is 54.1 Å². The van der Waals surface area contributed by atoms with Crippen LogP contribution in [0, 0.1) is 5.82 Å². The maximum atomic E-state index is 13.1. The zero-order valence-corrected chi connectivity index (χ0v) is 8.76. The number of hydrogen-bond acceptors (Lipinski definition) is 4. The molecule has 0 saturated carbocycles. The molecule has 2 heterocycles. The van der Waals surface area contributed by atoms with E-state index in [2.05, 4.69) is 20.3 Å². The molecule has 0 saturated heterocycles. The monoisotopic (exact) mass is 218 g/mol. The van der Waals surface area contributed by atoms with Crippen molar-refractivity contribution in [1.29, 1.82) is 0 Å². The van der Waals surface area contributed by atoms with Gasteiger partial charge in [0, 0.05) is 18.6 Å². The Morgan fingerprint density at radius 3 is 2.69 bits per heavy atom. The average molecular weight is 218 g/mol. The van der Waals surface area contributed by atoms with Gasteiger partial charge in [0.2, 0.25) is 0 Å². The van der Waals surface area contributed by atoms with Crippen LogP contribution < -0.4 is 5.32 Å². The van der Waals surface area contributed by atoms with E-state index in [4.69, 9.17) is 0 Å². The highest BCUT2D eigenvalue weighted by atomic mass is 19.1. The SMILES string of the molecule is CNC(c1cncc(F)c1)c1cnccn1. The normalized spacial score (nSPS) is 12.4. The van der Waals surface area contributed by atoms with Gasteiger partial charge in [0.25, 0.3) is 0 Å². The lowest BCUT2D eigenvalue weighted by molar-refractivity contribution is 0.605. The van der Waals surface area contributed by atoms with Crippen molar-refractivity contribution in [2.45, 2.75) is 6.04 Å². The van der Waals surface area contributed by atoms with Gasteiger partial charge in [-0.2, -0.15) is 0 Å². The molecule has 0 fully saturated rings. The van der Waals surface area contributed by atoms with Gasteiger partial charge < -0.3 is 5.32 Å². The third-order valence-electron chi connectivity index (χ3n) is 2.23. The summed E-state index contributed by atoms with van der Waals surface area (Å²) in [5.74, 6) is -0.360. The lowest BCUT2D eigenvalue weighted by Crippen LogP contribution is -2.19. The van der Waals surface area contributed by atoms with E-state index >= 15 is 0 Å². The van der Waals surface area contributed by atoms with Crippen LogP contribution in [-0.4, -0.2) is 22.0 Å². The second-order valence-electron chi connectivity index (χ2n) is 3.29. The molecule has 4 nitrogen and oxygen atoms in total. The van der Waals surface area contributed by atoms with Crippen LogP contribution in [0.1, 0.15) is 17.3 Å². The zero-order valence-electron chi connectivity index (χ0n) is 8.76. The molecule has 82 valence electrons. The van der Waals surface area contributed by atoms with E-state index in [-0.39, 0.29) is 11.9 Å². The number of hydrogen-bond donors (Lipinski definition) is 1. The Balaban J connectivity index is 2.37. The standard InChI is InChI=1S/C11H11FN4/c1-13-11(10-7-14-2-3-16-10)8-4-9(12)6-15-5-8/h2-7,11,13H,1H3. The summed E-state index contributed by atoms with van der Waals surface area (Å²) in [7, 11) is 1.78. The quantitative estimate of drug-likeness (QED) is 0.844. The molecular weight excluding hydrogens is 207 g/mol. The maximum absolute atomic E-state index is 13.1. The molecular formula is C11H11FN4. The predicted molar refractivity (Wildman–Crippen MR) is 57.1 cm³/mol. The topological polar surface area (TPSA) is 50.7 Å². The third-order valence-corrected chi connectivity index (χ3v) is 2.23. The van der Waals surface area contributed by atoms with Gasteiger partial charge in [-0.25, -0.2) is 4.39 Å². The van der Waals surface area contributed by atoms with Crippen molar-refractivity contribution < 1.29 is 4.39 Å². The van der Waals surface area contributed by atoms with Crippen LogP contribution in [0.4, 0.5) is 4.39 Å². The number of pyridine rings is 1. The molecule has 16 heavy (non-hydrogen) atoms. The lowest BCUT2D eigenvalue weighted by Gasteiger charge is -2.14. The van der Waals surface area contributed by atoms with Gasteiger partial charge in [-0.1, -0.05) is 0 Å². The molecule has 0 aromatic carbocycles. The van der Waals surface area contributed by atoms with E-state index < -0.39 is 0 Å². The smallest absolute Gasteiger partial charge is 0.141 e. The molecule has 0 aliphatic rings. The fraction of sp³-hybridized carbons (Fsp3) is 0.182. The van der Waals surface area contributed by atoms with Crippen molar-refractivity contribution >= 4 is 0 Å². The summed E-state index contributed by atoms with van der Waals surface area (Å²) < 4.78 is 13.1. The summed E-state index contributed by atoms with van der Waals surface area (Å²) in [6.45, 7) is 0. The Hall–Kier alpha value is -1.88. The second kappa shape index (κ2) is 4.76. The van der Waals surface area contributed by atoms with Crippen molar-refractivity contribution in [3.63, 3.8) is 0 Å². The number of halogens is 1. The summed E-state index contributed by atoms with van der Waals surface area (Å²) in [5, 5.41) is 3.05. The Labute approximate surface area is 92.6 Å². The first kappa shape index (κ1) is 10.6. The molecule has 0 amide bonds. The molecule has 1 N–H and O–H groups in total. The molecule has 0 aliphatic heterocycles. The number of aromatic nitrogens is 3. The molecule has 1 unspecified atom stereocenters. The van der Waals surface area contributed by atoms with Crippen molar-refractivity contribution in [2.75, 3.05) is 7.05 Å². The Bertz CT molecular complexity index is 461. The first-order valence-electron chi connectivity index (χ1n) is 4.85. The largest absolute Gasteiger partial charge is 0.308 e. The van der Waals surface area contributed by atoms with Crippen molar-refractivity contribution in [1.82, 2.24) is 20.3 Å². The van der Waals surface area contributed by atoms with E-state index in [1.54, 1.807) is 31.8 Å².